The predicted molar refractivity (Wildman–Crippen MR) is 125 cm³/mol. The molecule has 3 aromatic rings. The second-order valence-electron chi connectivity index (χ2n) is 8.74. The van der Waals surface area contributed by atoms with Crippen molar-refractivity contribution in [3.8, 4) is 10.9 Å². The van der Waals surface area contributed by atoms with E-state index in [-0.39, 0.29) is 17.0 Å². The number of rotatable bonds is 4. The van der Waals surface area contributed by atoms with Crippen molar-refractivity contribution in [2.45, 2.75) is 44.9 Å². The molecule has 0 radical (unpaired) electrons. The van der Waals surface area contributed by atoms with Crippen LogP contribution in [0.25, 0.3) is 10.2 Å². The molecule has 1 saturated heterocycles. The maximum Gasteiger partial charge on any atom is 0.279 e. The highest BCUT2D eigenvalue weighted by molar-refractivity contribution is 7.20. The average molecular weight is 470 g/mol. The van der Waals surface area contributed by atoms with Crippen LogP contribution in [-0.4, -0.2) is 29.8 Å². The Labute approximate surface area is 195 Å². The minimum atomic E-state index is -0.712. The summed E-state index contributed by atoms with van der Waals surface area (Å²) in [6.45, 7) is 3.29. The molecule has 2 fully saturated rings. The van der Waals surface area contributed by atoms with E-state index in [9.17, 15) is 9.59 Å². The van der Waals surface area contributed by atoms with Crippen LogP contribution in [0.4, 0.5) is 0 Å². The molecular weight excluding hydrogens is 446 g/mol. The molecule has 0 bridgehead atoms. The van der Waals surface area contributed by atoms with Gasteiger partial charge < -0.3 is 9.47 Å². The van der Waals surface area contributed by atoms with Crippen LogP contribution in [0.3, 0.4) is 0 Å². The van der Waals surface area contributed by atoms with E-state index in [0.29, 0.717) is 42.0 Å². The second kappa shape index (κ2) is 8.58. The highest BCUT2D eigenvalue weighted by Crippen LogP contribution is 2.46. The van der Waals surface area contributed by atoms with Gasteiger partial charge in [-0.2, -0.15) is 0 Å². The van der Waals surface area contributed by atoms with Crippen LogP contribution in [0.15, 0.2) is 36.4 Å². The highest BCUT2D eigenvalue weighted by atomic mass is 35.5. The molecule has 0 atom stereocenters. The number of thiazole rings is 1. The Hall–Kier alpha value is -2.28. The van der Waals surface area contributed by atoms with Gasteiger partial charge in [-0.3, -0.25) is 9.59 Å². The zero-order valence-electron chi connectivity index (χ0n) is 17.9. The van der Waals surface area contributed by atoms with Gasteiger partial charge >= 0.3 is 0 Å². The van der Waals surface area contributed by atoms with Gasteiger partial charge in [-0.25, -0.2) is 4.98 Å². The van der Waals surface area contributed by atoms with Crippen LogP contribution in [0.1, 0.15) is 49.7 Å². The SMILES string of the molecule is CCc1ccc(Oc2nc3ccc(Cl)cc3s2)cc1C1C(=O)CC2(CCOCC2)CC1=O. The normalized spacial score (nSPS) is 19.1. The van der Waals surface area contributed by atoms with Crippen LogP contribution >= 0.6 is 22.9 Å². The van der Waals surface area contributed by atoms with Crippen LogP contribution in [-0.2, 0) is 20.7 Å². The molecule has 0 unspecified atom stereocenters. The number of ketones is 2. The van der Waals surface area contributed by atoms with Crippen LogP contribution < -0.4 is 4.74 Å². The minimum absolute atomic E-state index is 0.0182. The number of carbonyl (C=O) groups excluding carboxylic acids is 2. The number of halogens is 1. The lowest BCUT2D eigenvalue weighted by Gasteiger charge is -2.41. The molecule has 5 rings (SSSR count). The monoisotopic (exact) mass is 469 g/mol. The first-order valence-corrected chi connectivity index (χ1v) is 12.2. The number of Topliss-reactive ketones (excluding diaryl/α,β-unsaturated/α-hetero) is 2. The van der Waals surface area contributed by atoms with Crippen LogP contribution in [0.2, 0.25) is 5.02 Å². The molecule has 1 aliphatic heterocycles. The van der Waals surface area contributed by atoms with Gasteiger partial charge in [-0.1, -0.05) is 35.9 Å². The molecule has 166 valence electrons. The third-order valence-electron chi connectivity index (χ3n) is 6.64. The number of fused-ring (bicyclic) bond motifs is 1. The molecule has 32 heavy (non-hydrogen) atoms. The van der Waals surface area contributed by atoms with Gasteiger partial charge in [0.05, 0.1) is 10.2 Å². The summed E-state index contributed by atoms with van der Waals surface area (Å²) >= 11 is 7.49. The number of hydrogen-bond acceptors (Lipinski definition) is 6. The molecule has 7 heteroatoms. The van der Waals surface area contributed by atoms with E-state index in [2.05, 4.69) is 4.98 Å². The summed E-state index contributed by atoms with van der Waals surface area (Å²) in [5.74, 6) is -0.0975. The number of nitrogens with zero attached hydrogens (tertiary/aromatic N) is 1. The van der Waals surface area contributed by atoms with Crippen molar-refractivity contribution in [2.75, 3.05) is 13.2 Å². The standard InChI is InChI=1S/C25H24ClNO4S/c1-2-15-3-5-17(31-24-27-19-6-4-16(26)11-22(19)32-24)12-18(15)23-20(28)13-25(14-21(23)29)7-9-30-10-8-25/h3-6,11-12,23H,2,7-10,13-14H2,1H3. The highest BCUT2D eigenvalue weighted by Gasteiger charge is 2.46. The zero-order chi connectivity index (χ0) is 22.3. The molecule has 5 nitrogen and oxygen atoms in total. The van der Waals surface area contributed by atoms with Crippen molar-refractivity contribution >= 4 is 44.7 Å². The number of aryl methyl sites for hydroxylation is 1. The van der Waals surface area contributed by atoms with Crippen molar-refractivity contribution in [1.29, 1.82) is 0 Å². The van der Waals surface area contributed by atoms with Crippen LogP contribution in [0.5, 0.6) is 10.9 Å². The minimum Gasteiger partial charge on any atom is -0.431 e. The van der Waals surface area contributed by atoms with Crippen molar-refractivity contribution in [3.63, 3.8) is 0 Å². The Bertz CT molecular complexity index is 1180. The lowest BCUT2D eigenvalue weighted by Crippen LogP contribution is -2.42. The largest absolute Gasteiger partial charge is 0.431 e. The Morgan fingerprint density at radius 3 is 2.59 bits per heavy atom. The lowest BCUT2D eigenvalue weighted by molar-refractivity contribution is -0.139. The van der Waals surface area contributed by atoms with Gasteiger partial charge in [-0.15, -0.1) is 0 Å². The fraction of sp³-hybridized carbons (Fsp3) is 0.400. The Kier molecular flexibility index (Phi) is 5.78. The fourth-order valence-corrected chi connectivity index (χ4v) is 6.05. The summed E-state index contributed by atoms with van der Waals surface area (Å²) in [5.41, 5.74) is 2.37. The van der Waals surface area contributed by atoms with Gasteiger partial charge in [0.2, 0.25) is 0 Å². The van der Waals surface area contributed by atoms with Crippen molar-refractivity contribution < 1.29 is 19.1 Å². The molecule has 1 spiro atoms. The number of ether oxygens (including phenoxy) is 2. The summed E-state index contributed by atoms with van der Waals surface area (Å²) in [7, 11) is 0. The van der Waals surface area contributed by atoms with Crippen molar-refractivity contribution in [2.24, 2.45) is 5.41 Å². The maximum absolute atomic E-state index is 13.2. The van der Waals surface area contributed by atoms with E-state index >= 15 is 0 Å². The first-order chi connectivity index (χ1) is 15.5. The summed E-state index contributed by atoms with van der Waals surface area (Å²) < 4.78 is 12.4. The van der Waals surface area contributed by atoms with E-state index in [1.54, 1.807) is 6.07 Å². The molecule has 0 amide bonds. The zero-order valence-corrected chi connectivity index (χ0v) is 19.4. The quantitative estimate of drug-likeness (QED) is 0.431. The Morgan fingerprint density at radius 1 is 1.12 bits per heavy atom. The summed E-state index contributed by atoms with van der Waals surface area (Å²) in [4.78, 5) is 31.0. The molecule has 2 aliphatic rings. The number of hydrogen-bond donors (Lipinski definition) is 0. The third kappa shape index (κ3) is 4.07. The molecule has 1 aromatic heterocycles. The molecule has 2 heterocycles. The first kappa shape index (κ1) is 21.6. The van der Waals surface area contributed by atoms with Crippen LogP contribution in [0, 0.1) is 5.41 Å². The predicted octanol–water partition coefficient (Wildman–Crippen LogP) is 6.12. The number of aromatic nitrogens is 1. The fourth-order valence-electron chi connectivity index (χ4n) is 4.94. The van der Waals surface area contributed by atoms with Gasteiger partial charge in [0.15, 0.2) is 0 Å². The van der Waals surface area contributed by atoms with Gasteiger partial charge in [0.1, 0.15) is 23.2 Å². The van der Waals surface area contributed by atoms with Crippen molar-refractivity contribution in [3.05, 3.63) is 52.5 Å². The third-order valence-corrected chi connectivity index (χ3v) is 7.77. The smallest absolute Gasteiger partial charge is 0.279 e. The topological polar surface area (TPSA) is 65.5 Å². The Morgan fingerprint density at radius 2 is 1.88 bits per heavy atom. The molecular formula is C25H24ClNO4S. The lowest BCUT2D eigenvalue weighted by atomic mass is 9.63. The first-order valence-electron chi connectivity index (χ1n) is 11.0. The second-order valence-corrected chi connectivity index (χ2v) is 10.2. The number of benzene rings is 2. The maximum atomic E-state index is 13.2. The molecule has 2 aromatic carbocycles. The van der Waals surface area contributed by atoms with E-state index in [1.807, 2.05) is 37.3 Å². The summed E-state index contributed by atoms with van der Waals surface area (Å²) in [6, 6.07) is 11.2. The van der Waals surface area contributed by atoms with E-state index in [0.717, 1.165) is 40.6 Å². The van der Waals surface area contributed by atoms with E-state index < -0.39 is 5.92 Å². The van der Waals surface area contributed by atoms with E-state index in [4.69, 9.17) is 21.1 Å². The summed E-state index contributed by atoms with van der Waals surface area (Å²) in [6.07, 6.45) is 3.19. The molecule has 0 N–H and O–H groups in total. The molecule has 1 saturated carbocycles. The van der Waals surface area contributed by atoms with Gasteiger partial charge in [0.25, 0.3) is 5.19 Å². The summed E-state index contributed by atoms with van der Waals surface area (Å²) in [5, 5.41) is 1.15. The average Bonchev–Trinajstić information content (AvgIpc) is 3.15. The van der Waals surface area contributed by atoms with E-state index in [1.165, 1.54) is 11.3 Å². The van der Waals surface area contributed by atoms with Crippen molar-refractivity contribution in [1.82, 2.24) is 4.98 Å². The Balaban J connectivity index is 1.44. The van der Waals surface area contributed by atoms with Gasteiger partial charge in [-0.05, 0) is 66.1 Å². The molecule has 1 aliphatic carbocycles. The van der Waals surface area contributed by atoms with Gasteiger partial charge in [0, 0.05) is 31.1 Å². The number of carbonyl (C=O) groups is 2.